The molecule has 104 valence electrons. The molecule has 0 aromatic heterocycles. The van der Waals surface area contributed by atoms with Gasteiger partial charge in [0.15, 0.2) is 0 Å². The van der Waals surface area contributed by atoms with Crippen LogP contribution in [0, 0.1) is 0 Å². The van der Waals surface area contributed by atoms with Crippen LogP contribution in [-0.2, 0) is 0 Å². The van der Waals surface area contributed by atoms with E-state index in [1.54, 1.807) is 0 Å². The topological polar surface area (TPSA) is 24.5 Å². The van der Waals surface area contributed by atoms with Crippen molar-refractivity contribution in [2.75, 3.05) is 39.3 Å². The maximum absolute atomic E-state index is 5.51. The van der Waals surface area contributed by atoms with Gasteiger partial charge in [-0.25, -0.2) is 0 Å². The van der Waals surface area contributed by atoms with E-state index in [0.717, 1.165) is 31.9 Å². The van der Waals surface area contributed by atoms with Crippen LogP contribution in [0.15, 0.2) is 30.3 Å². The van der Waals surface area contributed by atoms with Crippen molar-refractivity contribution < 1.29 is 4.74 Å². The van der Waals surface area contributed by atoms with Gasteiger partial charge < -0.3 is 10.1 Å². The first-order valence-electron chi connectivity index (χ1n) is 7.21. The van der Waals surface area contributed by atoms with Crippen LogP contribution in [-0.4, -0.2) is 44.2 Å². The van der Waals surface area contributed by atoms with E-state index in [0.29, 0.717) is 6.61 Å². The number of hydrogen-bond donors (Lipinski definition) is 1. The third-order valence-corrected chi connectivity index (χ3v) is 3.28. The molecule has 3 heteroatoms. The van der Waals surface area contributed by atoms with Crippen LogP contribution in [0.2, 0.25) is 0 Å². The van der Waals surface area contributed by atoms with E-state index in [-0.39, 0.29) is 0 Å². The molecule has 0 spiro atoms. The summed E-state index contributed by atoms with van der Waals surface area (Å²) in [5.41, 5.74) is 1.21. The molecule has 1 heterocycles. The first kappa shape index (κ1) is 14.1. The number of hydrogen-bond acceptors (Lipinski definition) is 3. The van der Waals surface area contributed by atoms with Crippen LogP contribution in [0.25, 0.3) is 6.08 Å². The molecule has 0 aliphatic carbocycles. The summed E-state index contributed by atoms with van der Waals surface area (Å²) in [5, 5.41) is 3.42. The maximum atomic E-state index is 5.51. The summed E-state index contributed by atoms with van der Waals surface area (Å²) in [7, 11) is 0. The molecule has 1 N–H and O–H groups in total. The van der Waals surface area contributed by atoms with Crippen LogP contribution in [0.5, 0.6) is 5.75 Å². The van der Waals surface area contributed by atoms with Crippen molar-refractivity contribution in [3.8, 4) is 5.75 Å². The lowest BCUT2D eigenvalue weighted by Gasteiger charge is -2.16. The van der Waals surface area contributed by atoms with Crippen molar-refractivity contribution in [2.45, 2.75) is 13.3 Å². The summed E-state index contributed by atoms with van der Waals surface area (Å²) < 4.78 is 5.51. The summed E-state index contributed by atoms with van der Waals surface area (Å²) in [6, 6.07) is 8.24. The third kappa shape index (κ3) is 5.05. The molecule has 2 rings (SSSR count). The van der Waals surface area contributed by atoms with E-state index < -0.39 is 0 Å². The minimum atomic E-state index is 0.716. The zero-order chi connectivity index (χ0) is 13.3. The normalized spacial score (nSPS) is 17.5. The smallest absolute Gasteiger partial charge is 0.119 e. The zero-order valence-corrected chi connectivity index (χ0v) is 11.8. The molecule has 1 aromatic rings. The SMILES string of the molecule is CCOc1cccc(/C=C/CN2CCCNCC2)c1. The third-order valence-electron chi connectivity index (χ3n) is 3.28. The van der Waals surface area contributed by atoms with Gasteiger partial charge in [-0.3, -0.25) is 4.90 Å². The lowest BCUT2D eigenvalue weighted by Crippen LogP contribution is -2.28. The molecule has 1 saturated heterocycles. The van der Waals surface area contributed by atoms with Gasteiger partial charge in [0.1, 0.15) is 5.75 Å². The molecule has 3 nitrogen and oxygen atoms in total. The van der Waals surface area contributed by atoms with Gasteiger partial charge in [-0.05, 0) is 44.1 Å². The van der Waals surface area contributed by atoms with Crippen molar-refractivity contribution in [1.29, 1.82) is 0 Å². The Balaban J connectivity index is 1.85. The predicted octanol–water partition coefficient (Wildman–Crippen LogP) is 2.39. The predicted molar refractivity (Wildman–Crippen MR) is 80.6 cm³/mol. The van der Waals surface area contributed by atoms with Crippen LogP contribution >= 0.6 is 0 Å². The highest BCUT2D eigenvalue weighted by atomic mass is 16.5. The second-order valence-electron chi connectivity index (χ2n) is 4.81. The highest BCUT2D eigenvalue weighted by Gasteiger charge is 2.05. The standard InChI is InChI=1S/C16H24N2O/c1-2-19-16-8-3-6-15(14-16)7-4-11-18-12-5-9-17-10-13-18/h3-4,6-8,14,17H,2,5,9-13H2,1H3/b7-4+. The lowest BCUT2D eigenvalue weighted by atomic mass is 10.2. The summed E-state index contributed by atoms with van der Waals surface area (Å²) in [5.74, 6) is 0.948. The van der Waals surface area contributed by atoms with Crippen molar-refractivity contribution in [3.63, 3.8) is 0 Å². The quantitative estimate of drug-likeness (QED) is 0.880. The number of nitrogens with zero attached hydrogens (tertiary/aromatic N) is 1. The Morgan fingerprint density at radius 3 is 3.16 bits per heavy atom. The highest BCUT2D eigenvalue weighted by Crippen LogP contribution is 2.14. The van der Waals surface area contributed by atoms with Crippen molar-refractivity contribution in [1.82, 2.24) is 10.2 Å². The van der Waals surface area contributed by atoms with Crippen molar-refractivity contribution in [2.24, 2.45) is 0 Å². The van der Waals surface area contributed by atoms with Crippen LogP contribution in [0.3, 0.4) is 0 Å². The van der Waals surface area contributed by atoms with Gasteiger partial charge in [0, 0.05) is 19.6 Å². The van der Waals surface area contributed by atoms with E-state index in [1.807, 2.05) is 19.1 Å². The lowest BCUT2D eigenvalue weighted by molar-refractivity contribution is 0.324. The largest absolute Gasteiger partial charge is 0.494 e. The Morgan fingerprint density at radius 2 is 2.26 bits per heavy atom. The summed E-state index contributed by atoms with van der Waals surface area (Å²) in [6.45, 7) is 8.34. The Morgan fingerprint density at radius 1 is 1.32 bits per heavy atom. The fourth-order valence-electron chi connectivity index (χ4n) is 2.30. The molecule has 0 saturated carbocycles. The Bertz CT molecular complexity index is 395. The first-order valence-corrected chi connectivity index (χ1v) is 7.21. The second kappa shape index (κ2) is 7.97. The van der Waals surface area contributed by atoms with Gasteiger partial charge in [-0.15, -0.1) is 0 Å². The number of rotatable bonds is 5. The van der Waals surface area contributed by atoms with Gasteiger partial charge in [0.25, 0.3) is 0 Å². The fourth-order valence-corrected chi connectivity index (χ4v) is 2.30. The molecule has 0 bridgehead atoms. The molecule has 1 fully saturated rings. The summed E-state index contributed by atoms with van der Waals surface area (Å²) >= 11 is 0. The van der Waals surface area contributed by atoms with E-state index in [9.17, 15) is 0 Å². The second-order valence-corrected chi connectivity index (χ2v) is 4.81. The molecule has 1 aliphatic rings. The highest BCUT2D eigenvalue weighted by molar-refractivity contribution is 5.51. The fraction of sp³-hybridized carbons (Fsp3) is 0.500. The van der Waals surface area contributed by atoms with E-state index in [2.05, 4.69) is 34.5 Å². The summed E-state index contributed by atoms with van der Waals surface area (Å²) in [4.78, 5) is 2.49. The van der Waals surface area contributed by atoms with Gasteiger partial charge in [-0.1, -0.05) is 24.3 Å². The number of ether oxygens (including phenoxy) is 1. The molecule has 0 atom stereocenters. The molecule has 0 amide bonds. The van der Waals surface area contributed by atoms with Gasteiger partial charge in [0.2, 0.25) is 0 Å². The monoisotopic (exact) mass is 260 g/mol. The molecule has 1 aliphatic heterocycles. The van der Waals surface area contributed by atoms with Gasteiger partial charge in [-0.2, -0.15) is 0 Å². The Hall–Kier alpha value is -1.32. The van der Waals surface area contributed by atoms with Crippen LogP contribution in [0.4, 0.5) is 0 Å². The van der Waals surface area contributed by atoms with Crippen molar-refractivity contribution >= 4 is 6.08 Å². The maximum Gasteiger partial charge on any atom is 0.119 e. The molecule has 19 heavy (non-hydrogen) atoms. The van der Waals surface area contributed by atoms with E-state index >= 15 is 0 Å². The van der Waals surface area contributed by atoms with Crippen LogP contribution < -0.4 is 10.1 Å². The average Bonchev–Trinajstić information content (AvgIpc) is 2.68. The van der Waals surface area contributed by atoms with Crippen LogP contribution in [0.1, 0.15) is 18.9 Å². The zero-order valence-electron chi connectivity index (χ0n) is 11.8. The first-order chi connectivity index (χ1) is 9.38. The molecule has 1 aromatic carbocycles. The van der Waals surface area contributed by atoms with E-state index in [1.165, 1.54) is 18.5 Å². The number of nitrogens with one attached hydrogen (secondary N) is 1. The Labute approximate surface area is 116 Å². The minimum absolute atomic E-state index is 0.716. The minimum Gasteiger partial charge on any atom is -0.494 e. The number of benzene rings is 1. The molecule has 0 radical (unpaired) electrons. The molecular formula is C16H24N2O. The average molecular weight is 260 g/mol. The van der Waals surface area contributed by atoms with Crippen molar-refractivity contribution in [3.05, 3.63) is 35.9 Å². The molecular weight excluding hydrogens is 236 g/mol. The van der Waals surface area contributed by atoms with Gasteiger partial charge in [0.05, 0.1) is 6.61 Å². The Kier molecular flexibility index (Phi) is 5.92. The molecule has 0 unspecified atom stereocenters. The van der Waals surface area contributed by atoms with Gasteiger partial charge >= 0.3 is 0 Å². The summed E-state index contributed by atoms with van der Waals surface area (Å²) in [6.07, 6.45) is 5.67. The van der Waals surface area contributed by atoms with E-state index in [4.69, 9.17) is 4.74 Å².